The number of hydrogen-bond acceptors (Lipinski definition) is 7. The molecule has 2 aromatic carbocycles. The Labute approximate surface area is 196 Å². The standard InChI is InChI=1S/C23H24N4O4S2/c1-15-20(16(2)31-26-15)14-32-21-10-4-3-9-19(21)23(28)25-17-7-5-8-18(13-17)33(29,30)27-22-11-6-12-24-22/h3-5,7-10,13H,6,11-12,14H2,1-2H3,(H,24,27)(H,25,28). The van der Waals surface area contributed by atoms with Crippen molar-refractivity contribution in [1.82, 2.24) is 9.88 Å². The topological polar surface area (TPSA) is 114 Å². The van der Waals surface area contributed by atoms with Gasteiger partial charge >= 0.3 is 0 Å². The summed E-state index contributed by atoms with van der Waals surface area (Å²) in [5.74, 6) is 1.53. The van der Waals surface area contributed by atoms with Crippen molar-refractivity contribution in [1.29, 1.82) is 0 Å². The van der Waals surface area contributed by atoms with Gasteiger partial charge in [0, 0.05) is 34.9 Å². The molecule has 0 unspecified atom stereocenters. The van der Waals surface area contributed by atoms with Crippen molar-refractivity contribution in [2.75, 3.05) is 11.9 Å². The van der Waals surface area contributed by atoms with Gasteiger partial charge in [-0.3, -0.25) is 14.5 Å². The van der Waals surface area contributed by atoms with Crippen molar-refractivity contribution in [3.63, 3.8) is 0 Å². The second kappa shape index (κ2) is 9.80. The minimum absolute atomic E-state index is 0.0657. The zero-order valence-corrected chi connectivity index (χ0v) is 19.9. The number of thioether (sulfide) groups is 1. The first-order valence-corrected chi connectivity index (χ1v) is 12.9. The fraction of sp³-hybridized carbons (Fsp3) is 0.261. The van der Waals surface area contributed by atoms with E-state index in [-0.39, 0.29) is 10.8 Å². The Kier molecular flexibility index (Phi) is 6.85. The van der Waals surface area contributed by atoms with E-state index in [1.807, 2.05) is 26.0 Å². The highest BCUT2D eigenvalue weighted by molar-refractivity contribution is 7.98. The maximum absolute atomic E-state index is 13.0. The lowest BCUT2D eigenvalue weighted by Crippen LogP contribution is -2.29. The number of hydrogen-bond donors (Lipinski definition) is 2. The molecular weight excluding hydrogens is 460 g/mol. The third-order valence-corrected chi connectivity index (χ3v) is 7.69. The number of amidine groups is 1. The van der Waals surface area contributed by atoms with Crippen molar-refractivity contribution in [2.24, 2.45) is 4.99 Å². The summed E-state index contributed by atoms with van der Waals surface area (Å²) in [6.45, 7) is 4.38. The zero-order chi connectivity index (χ0) is 23.4. The average Bonchev–Trinajstić information content (AvgIpc) is 3.41. The molecule has 2 N–H and O–H groups in total. The molecule has 3 aromatic rings. The van der Waals surface area contributed by atoms with Gasteiger partial charge in [0.25, 0.3) is 15.9 Å². The molecule has 0 saturated carbocycles. The number of carbonyl (C=O) groups is 1. The summed E-state index contributed by atoms with van der Waals surface area (Å²) in [7, 11) is -3.77. The van der Waals surface area contributed by atoms with Crippen molar-refractivity contribution >= 4 is 39.2 Å². The highest BCUT2D eigenvalue weighted by Crippen LogP contribution is 2.29. The van der Waals surface area contributed by atoms with E-state index in [4.69, 9.17) is 4.52 Å². The van der Waals surface area contributed by atoms with Gasteiger partial charge < -0.3 is 9.84 Å². The molecule has 0 spiro atoms. The molecule has 0 fully saturated rings. The minimum Gasteiger partial charge on any atom is -0.361 e. The quantitative estimate of drug-likeness (QED) is 0.483. The van der Waals surface area contributed by atoms with Crippen molar-refractivity contribution in [3.05, 3.63) is 71.1 Å². The second-order valence-electron chi connectivity index (χ2n) is 7.61. The molecule has 1 aliphatic heterocycles. The summed E-state index contributed by atoms with van der Waals surface area (Å²) < 4.78 is 33.1. The monoisotopic (exact) mass is 484 g/mol. The van der Waals surface area contributed by atoms with E-state index in [1.54, 1.807) is 24.3 Å². The highest BCUT2D eigenvalue weighted by Gasteiger charge is 2.20. The maximum atomic E-state index is 13.0. The lowest BCUT2D eigenvalue weighted by molar-refractivity contribution is 0.102. The molecule has 10 heteroatoms. The molecule has 0 aliphatic carbocycles. The molecule has 33 heavy (non-hydrogen) atoms. The van der Waals surface area contributed by atoms with Crippen LogP contribution in [0.2, 0.25) is 0 Å². The highest BCUT2D eigenvalue weighted by atomic mass is 32.2. The van der Waals surface area contributed by atoms with Gasteiger partial charge in [0.1, 0.15) is 11.6 Å². The number of rotatable bonds is 7. The van der Waals surface area contributed by atoms with E-state index in [1.165, 1.54) is 23.9 Å². The Morgan fingerprint density at radius 3 is 2.70 bits per heavy atom. The summed E-state index contributed by atoms with van der Waals surface area (Å²) in [5.41, 5.74) is 2.73. The number of aliphatic imine (C=N–C) groups is 1. The molecule has 0 bridgehead atoms. The third kappa shape index (κ3) is 5.45. The smallest absolute Gasteiger partial charge is 0.262 e. The maximum Gasteiger partial charge on any atom is 0.262 e. The predicted octanol–water partition coefficient (Wildman–Crippen LogP) is 4.31. The van der Waals surface area contributed by atoms with E-state index >= 15 is 0 Å². The van der Waals surface area contributed by atoms with Gasteiger partial charge in [-0.05, 0) is 50.6 Å². The molecule has 1 amide bonds. The number of carbonyl (C=O) groups excluding carboxylic acids is 1. The SMILES string of the molecule is Cc1noc(C)c1CSc1ccccc1C(=O)Nc1cccc(S(=O)(=O)NC2=NCCC2)c1. The number of nitrogens with one attached hydrogen (secondary N) is 2. The number of aryl methyl sites for hydroxylation is 2. The van der Waals surface area contributed by atoms with Crippen LogP contribution in [0.15, 0.2) is 67.8 Å². The summed E-state index contributed by atoms with van der Waals surface area (Å²) in [4.78, 5) is 18.1. The van der Waals surface area contributed by atoms with Crippen LogP contribution >= 0.6 is 11.8 Å². The molecule has 4 rings (SSSR count). The Hall–Kier alpha value is -3.11. The lowest BCUT2D eigenvalue weighted by atomic mass is 10.2. The Morgan fingerprint density at radius 1 is 1.15 bits per heavy atom. The normalized spacial score (nSPS) is 13.6. The van der Waals surface area contributed by atoms with Crippen molar-refractivity contribution in [3.8, 4) is 0 Å². The first kappa shape index (κ1) is 23.1. The van der Waals surface area contributed by atoms with Crippen molar-refractivity contribution < 1.29 is 17.7 Å². The summed E-state index contributed by atoms with van der Waals surface area (Å²) >= 11 is 1.52. The molecule has 0 saturated heterocycles. The number of amides is 1. The molecule has 0 atom stereocenters. The van der Waals surface area contributed by atoms with Crippen LogP contribution < -0.4 is 10.0 Å². The van der Waals surface area contributed by atoms with E-state index in [0.717, 1.165) is 28.3 Å². The minimum atomic E-state index is -3.77. The average molecular weight is 485 g/mol. The lowest BCUT2D eigenvalue weighted by Gasteiger charge is -2.12. The molecule has 8 nitrogen and oxygen atoms in total. The van der Waals surface area contributed by atoms with Crippen LogP contribution in [-0.4, -0.2) is 31.9 Å². The summed E-state index contributed by atoms with van der Waals surface area (Å²) in [6, 6.07) is 13.5. The van der Waals surface area contributed by atoms with Gasteiger partial charge in [-0.25, -0.2) is 8.42 Å². The number of sulfonamides is 1. The number of nitrogens with zero attached hydrogens (tertiary/aromatic N) is 2. The zero-order valence-electron chi connectivity index (χ0n) is 18.3. The summed E-state index contributed by atoms with van der Waals surface area (Å²) in [5, 5.41) is 6.79. The Morgan fingerprint density at radius 2 is 1.97 bits per heavy atom. The van der Waals surface area contributed by atoms with Gasteiger partial charge in [-0.15, -0.1) is 11.8 Å². The molecule has 1 aromatic heterocycles. The fourth-order valence-corrected chi connectivity index (χ4v) is 5.75. The van der Waals surface area contributed by atoms with Gasteiger partial charge in [0.2, 0.25) is 0 Å². The van der Waals surface area contributed by atoms with Crippen LogP contribution in [0.25, 0.3) is 0 Å². The van der Waals surface area contributed by atoms with Crippen molar-refractivity contribution in [2.45, 2.75) is 42.2 Å². The van der Waals surface area contributed by atoms with E-state index in [0.29, 0.717) is 35.8 Å². The summed E-state index contributed by atoms with van der Waals surface area (Å²) in [6.07, 6.45) is 1.44. The number of benzene rings is 2. The van der Waals surface area contributed by atoms with E-state index in [2.05, 4.69) is 20.2 Å². The van der Waals surface area contributed by atoms with E-state index in [9.17, 15) is 13.2 Å². The second-order valence-corrected chi connectivity index (χ2v) is 10.3. The van der Waals surface area contributed by atoms with Crippen LogP contribution in [0.3, 0.4) is 0 Å². The molecular formula is C23H24N4O4S2. The fourth-order valence-electron chi connectivity index (χ4n) is 3.41. The van der Waals surface area contributed by atoms with Crippen LogP contribution in [-0.2, 0) is 15.8 Å². The van der Waals surface area contributed by atoms with Crippen LogP contribution in [0.1, 0.15) is 40.2 Å². The van der Waals surface area contributed by atoms with Gasteiger partial charge in [-0.1, -0.05) is 23.4 Å². The number of aromatic nitrogens is 1. The van der Waals surface area contributed by atoms with Crippen LogP contribution in [0.5, 0.6) is 0 Å². The molecule has 2 heterocycles. The van der Waals surface area contributed by atoms with Gasteiger partial charge in [0.05, 0.1) is 16.2 Å². The largest absolute Gasteiger partial charge is 0.361 e. The molecule has 0 radical (unpaired) electrons. The first-order chi connectivity index (χ1) is 15.8. The Bertz CT molecular complexity index is 1300. The number of anilines is 1. The molecule has 172 valence electrons. The predicted molar refractivity (Wildman–Crippen MR) is 128 cm³/mol. The molecule has 1 aliphatic rings. The first-order valence-electron chi connectivity index (χ1n) is 10.4. The van der Waals surface area contributed by atoms with Gasteiger partial charge in [-0.2, -0.15) is 0 Å². The third-order valence-electron chi connectivity index (χ3n) is 5.21. The van der Waals surface area contributed by atoms with Gasteiger partial charge in [0.15, 0.2) is 0 Å². The van der Waals surface area contributed by atoms with Crippen LogP contribution in [0, 0.1) is 13.8 Å². The van der Waals surface area contributed by atoms with Crippen LogP contribution in [0.4, 0.5) is 5.69 Å². The van der Waals surface area contributed by atoms with E-state index < -0.39 is 10.0 Å². The Balaban J connectivity index is 1.49.